The lowest BCUT2D eigenvalue weighted by Crippen LogP contribution is -2.15. The van der Waals surface area contributed by atoms with E-state index in [1.165, 1.54) is 0 Å². The second-order valence-electron chi connectivity index (χ2n) is 4.29. The van der Waals surface area contributed by atoms with Gasteiger partial charge < -0.3 is 5.73 Å². The van der Waals surface area contributed by atoms with E-state index in [0.717, 1.165) is 10.9 Å². The molecule has 0 atom stereocenters. The molecule has 98 valence electrons. The van der Waals surface area contributed by atoms with Crippen LogP contribution < -0.4 is 11.1 Å². The summed E-state index contributed by atoms with van der Waals surface area (Å²) in [5, 5.41) is 3.57. The SMILES string of the molecule is Nc1ccccc1C(=O)Nc1ncc2ccccc2n1. The van der Waals surface area contributed by atoms with E-state index >= 15 is 0 Å². The van der Waals surface area contributed by atoms with Gasteiger partial charge in [-0.25, -0.2) is 9.97 Å². The Morgan fingerprint density at radius 1 is 1.05 bits per heavy atom. The zero-order valence-corrected chi connectivity index (χ0v) is 10.6. The highest BCUT2D eigenvalue weighted by Gasteiger charge is 2.10. The van der Waals surface area contributed by atoms with Crippen molar-refractivity contribution in [3.05, 3.63) is 60.3 Å². The zero-order valence-electron chi connectivity index (χ0n) is 10.6. The third-order valence-electron chi connectivity index (χ3n) is 2.92. The third kappa shape index (κ3) is 2.29. The molecule has 1 aromatic heterocycles. The molecule has 0 fully saturated rings. The van der Waals surface area contributed by atoms with Crippen molar-refractivity contribution >= 4 is 28.4 Å². The van der Waals surface area contributed by atoms with Crippen molar-refractivity contribution in [3.8, 4) is 0 Å². The molecule has 0 aliphatic carbocycles. The van der Waals surface area contributed by atoms with Gasteiger partial charge in [0.1, 0.15) is 0 Å². The van der Waals surface area contributed by atoms with Crippen molar-refractivity contribution in [2.75, 3.05) is 11.1 Å². The first kappa shape index (κ1) is 12.1. The van der Waals surface area contributed by atoms with Crippen LogP contribution in [0.5, 0.6) is 0 Å². The molecule has 0 radical (unpaired) electrons. The van der Waals surface area contributed by atoms with Gasteiger partial charge in [0.15, 0.2) is 0 Å². The lowest BCUT2D eigenvalue weighted by molar-refractivity contribution is 0.102. The summed E-state index contributed by atoms with van der Waals surface area (Å²) in [6, 6.07) is 14.4. The molecule has 3 aromatic rings. The number of hydrogen-bond donors (Lipinski definition) is 2. The molecule has 0 saturated carbocycles. The number of anilines is 2. The molecule has 3 rings (SSSR count). The number of amides is 1. The maximum absolute atomic E-state index is 12.1. The van der Waals surface area contributed by atoms with E-state index in [9.17, 15) is 4.79 Å². The van der Waals surface area contributed by atoms with Crippen LogP contribution in [0.4, 0.5) is 11.6 Å². The maximum atomic E-state index is 12.1. The average molecular weight is 264 g/mol. The van der Waals surface area contributed by atoms with E-state index < -0.39 is 0 Å². The number of aromatic nitrogens is 2. The monoisotopic (exact) mass is 264 g/mol. The van der Waals surface area contributed by atoms with E-state index in [0.29, 0.717) is 11.3 Å². The van der Waals surface area contributed by atoms with Crippen molar-refractivity contribution in [1.29, 1.82) is 0 Å². The number of nitrogens with zero attached hydrogens (tertiary/aromatic N) is 2. The summed E-state index contributed by atoms with van der Waals surface area (Å²) < 4.78 is 0. The molecule has 0 bridgehead atoms. The van der Waals surface area contributed by atoms with Crippen LogP contribution in [0.1, 0.15) is 10.4 Å². The summed E-state index contributed by atoms with van der Waals surface area (Å²) in [7, 11) is 0. The van der Waals surface area contributed by atoms with Crippen LogP contribution in [0.15, 0.2) is 54.7 Å². The van der Waals surface area contributed by atoms with E-state index in [2.05, 4.69) is 15.3 Å². The third-order valence-corrected chi connectivity index (χ3v) is 2.92. The molecular weight excluding hydrogens is 252 g/mol. The summed E-state index contributed by atoms with van der Waals surface area (Å²) in [5.74, 6) is -0.0599. The molecule has 5 nitrogen and oxygen atoms in total. The number of nitrogens with one attached hydrogen (secondary N) is 1. The molecule has 0 spiro atoms. The van der Waals surface area contributed by atoms with Crippen LogP contribution in [0, 0.1) is 0 Å². The molecule has 20 heavy (non-hydrogen) atoms. The van der Waals surface area contributed by atoms with Gasteiger partial charge in [-0.2, -0.15) is 0 Å². The van der Waals surface area contributed by atoms with Crippen LogP contribution in [0.25, 0.3) is 10.9 Å². The van der Waals surface area contributed by atoms with Crippen LogP contribution in [-0.2, 0) is 0 Å². The summed E-state index contributed by atoms with van der Waals surface area (Å²) in [4.78, 5) is 20.5. The lowest BCUT2D eigenvalue weighted by atomic mass is 10.2. The molecule has 0 saturated heterocycles. The quantitative estimate of drug-likeness (QED) is 0.697. The number of rotatable bonds is 2. The van der Waals surface area contributed by atoms with Gasteiger partial charge >= 0.3 is 0 Å². The van der Waals surface area contributed by atoms with Gasteiger partial charge in [-0.05, 0) is 18.2 Å². The fourth-order valence-electron chi connectivity index (χ4n) is 1.91. The Bertz CT molecular complexity index is 785. The van der Waals surface area contributed by atoms with Crippen LogP contribution >= 0.6 is 0 Å². The van der Waals surface area contributed by atoms with Crippen LogP contribution in [0.2, 0.25) is 0 Å². The zero-order chi connectivity index (χ0) is 13.9. The first-order chi connectivity index (χ1) is 9.74. The van der Waals surface area contributed by atoms with Crippen LogP contribution in [0.3, 0.4) is 0 Å². The minimum Gasteiger partial charge on any atom is -0.398 e. The largest absolute Gasteiger partial charge is 0.398 e. The predicted octanol–water partition coefficient (Wildman–Crippen LogP) is 2.46. The number of benzene rings is 2. The Kier molecular flexibility index (Phi) is 3.01. The highest BCUT2D eigenvalue weighted by molar-refractivity contribution is 6.07. The number of para-hydroxylation sites is 2. The van der Waals surface area contributed by atoms with Gasteiger partial charge in [0, 0.05) is 17.3 Å². The summed E-state index contributed by atoms with van der Waals surface area (Å²) in [6.07, 6.45) is 1.67. The fourth-order valence-corrected chi connectivity index (χ4v) is 1.91. The Balaban J connectivity index is 1.89. The van der Waals surface area contributed by atoms with Crippen molar-refractivity contribution in [2.24, 2.45) is 0 Å². The number of fused-ring (bicyclic) bond motifs is 1. The minimum absolute atomic E-state index is 0.261. The number of carbonyl (C=O) groups is 1. The van der Waals surface area contributed by atoms with Gasteiger partial charge in [-0.3, -0.25) is 10.1 Å². The molecule has 1 amide bonds. The molecule has 5 heteroatoms. The van der Waals surface area contributed by atoms with E-state index in [-0.39, 0.29) is 11.9 Å². The standard InChI is InChI=1S/C15H12N4O/c16-12-7-3-2-6-11(12)14(20)19-15-17-9-10-5-1-4-8-13(10)18-15/h1-9H,16H2,(H,17,18,19,20). The second-order valence-corrected chi connectivity index (χ2v) is 4.29. The first-order valence-electron chi connectivity index (χ1n) is 6.12. The highest BCUT2D eigenvalue weighted by atomic mass is 16.1. The minimum atomic E-state index is -0.321. The van der Waals surface area contributed by atoms with Gasteiger partial charge in [0.25, 0.3) is 5.91 Å². The predicted molar refractivity (Wildman–Crippen MR) is 78.3 cm³/mol. The molecule has 0 aliphatic rings. The van der Waals surface area contributed by atoms with Gasteiger partial charge in [-0.15, -0.1) is 0 Å². The fraction of sp³-hybridized carbons (Fsp3) is 0. The van der Waals surface area contributed by atoms with Gasteiger partial charge in [0.2, 0.25) is 5.95 Å². The number of hydrogen-bond acceptors (Lipinski definition) is 4. The number of nitrogen functional groups attached to an aromatic ring is 1. The summed E-state index contributed by atoms with van der Waals surface area (Å²) >= 11 is 0. The van der Waals surface area contributed by atoms with Gasteiger partial charge in [0.05, 0.1) is 11.1 Å². The van der Waals surface area contributed by atoms with Crippen molar-refractivity contribution in [3.63, 3.8) is 0 Å². The van der Waals surface area contributed by atoms with Crippen LogP contribution in [-0.4, -0.2) is 15.9 Å². The van der Waals surface area contributed by atoms with Crippen molar-refractivity contribution < 1.29 is 4.79 Å². The van der Waals surface area contributed by atoms with E-state index in [4.69, 9.17) is 5.73 Å². The maximum Gasteiger partial charge on any atom is 0.260 e. The summed E-state index contributed by atoms with van der Waals surface area (Å²) in [6.45, 7) is 0. The number of carbonyl (C=O) groups excluding carboxylic acids is 1. The summed E-state index contributed by atoms with van der Waals surface area (Å²) in [5.41, 5.74) is 7.37. The number of nitrogens with two attached hydrogens (primary N) is 1. The topological polar surface area (TPSA) is 80.9 Å². The second kappa shape index (κ2) is 4.97. The normalized spacial score (nSPS) is 10.4. The van der Waals surface area contributed by atoms with Crippen molar-refractivity contribution in [1.82, 2.24) is 9.97 Å². The molecule has 0 aliphatic heterocycles. The van der Waals surface area contributed by atoms with Gasteiger partial charge in [-0.1, -0.05) is 30.3 Å². The Morgan fingerprint density at radius 3 is 2.65 bits per heavy atom. The van der Waals surface area contributed by atoms with Crippen molar-refractivity contribution in [2.45, 2.75) is 0 Å². The Labute approximate surface area is 115 Å². The highest BCUT2D eigenvalue weighted by Crippen LogP contribution is 2.14. The van der Waals surface area contributed by atoms with E-state index in [1.54, 1.807) is 30.5 Å². The first-order valence-corrected chi connectivity index (χ1v) is 6.12. The molecule has 3 N–H and O–H groups in total. The molecular formula is C15H12N4O. The van der Waals surface area contributed by atoms with E-state index in [1.807, 2.05) is 24.3 Å². The average Bonchev–Trinajstić information content (AvgIpc) is 2.47. The molecule has 2 aromatic carbocycles. The Morgan fingerprint density at radius 2 is 1.80 bits per heavy atom. The Hall–Kier alpha value is -2.95. The molecule has 0 unspecified atom stereocenters. The smallest absolute Gasteiger partial charge is 0.260 e. The lowest BCUT2D eigenvalue weighted by Gasteiger charge is -2.06. The molecule has 1 heterocycles.